The maximum Gasteiger partial charge on any atom is 0.266 e. The number of nitrogens with zero attached hydrogens (tertiary/aromatic N) is 2. The highest BCUT2D eigenvalue weighted by Gasteiger charge is 2.28. The number of benzene rings is 2. The first-order valence-electron chi connectivity index (χ1n) is 9.48. The largest absolute Gasteiger partial charge is 0.506 e. The number of carbonyl (C=O) groups excluding carboxylic acids is 2. The lowest BCUT2D eigenvalue weighted by atomic mass is 9.88. The Labute approximate surface area is 167 Å². The van der Waals surface area contributed by atoms with Gasteiger partial charge in [0.05, 0.1) is 16.6 Å². The second kappa shape index (κ2) is 7.13. The summed E-state index contributed by atoms with van der Waals surface area (Å²) in [5.74, 6) is -0.532. The summed E-state index contributed by atoms with van der Waals surface area (Å²) in [5, 5.41) is 11.1. The van der Waals surface area contributed by atoms with Gasteiger partial charge in [0.25, 0.3) is 5.56 Å². The number of rotatable bonds is 2. The van der Waals surface area contributed by atoms with Gasteiger partial charge in [-0.05, 0) is 50.1 Å². The van der Waals surface area contributed by atoms with Gasteiger partial charge in [-0.15, -0.1) is 0 Å². The van der Waals surface area contributed by atoms with E-state index in [0.717, 1.165) is 0 Å². The van der Waals surface area contributed by atoms with Crippen molar-refractivity contribution < 1.29 is 14.7 Å². The van der Waals surface area contributed by atoms with E-state index in [1.807, 2.05) is 30.3 Å². The number of ketones is 2. The van der Waals surface area contributed by atoms with Crippen LogP contribution >= 0.6 is 0 Å². The Kier molecular flexibility index (Phi) is 4.62. The number of allylic oxidation sites excluding steroid dienone is 1. The number of hydrogen-bond acceptors (Lipinski definition) is 5. The Hall–Kier alpha value is -3.54. The number of carbonyl (C=O) groups is 2. The van der Waals surface area contributed by atoms with Crippen molar-refractivity contribution in [2.75, 3.05) is 0 Å². The number of aromatic nitrogens is 2. The molecule has 1 aliphatic carbocycles. The molecule has 0 spiro atoms. The minimum atomic E-state index is -0.359. The minimum absolute atomic E-state index is 0.165. The van der Waals surface area contributed by atoms with Gasteiger partial charge in [0, 0.05) is 18.4 Å². The maximum atomic E-state index is 13.3. The lowest BCUT2D eigenvalue weighted by Gasteiger charge is -2.17. The van der Waals surface area contributed by atoms with Crippen LogP contribution in [0.4, 0.5) is 0 Å². The van der Waals surface area contributed by atoms with Crippen molar-refractivity contribution >= 4 is 28.2 Å². The molecule has 1 heterocycles. The molecule has 1 saturated carbocycles. The summed E-state index contributed by atoms with van der Waals surface area (Å²) >= 11 is 0. The molecule has 29 heavy (non-hydrogen) atoms. The summed E-state index contributed by atoms with van der Waals surface area (Å²) in [6, 6.07) is 12.4. The van der Waals surface area contributed by atoms with Crippen LogP contribution in [0.25, 0.3) is 22.3 Å². The van der Waals surface area contributed by atoms with Gasteiger partial charge in [-0.25, -0.2) is 4.98 Å². The first-order chi connectivity index (χ1) is 13.9. The number of aryl methyl sites for hydroxylation is 2. The van der Waals surface area contributed by atoms with E-state index in [2.05, 4.69) is 4.98 Å². The molecule has 0 saturated heterocycles. The van der Waals surface area contributed by atoms with Crippen molar-refractivity contribution in [1.82, 2.24) is 9.55 Å². The van der Waals surface area contributed by atoms with E-state index < -0.39 is 0 Å². The van der Waals surface area contributed by atoms with Gasteiger partial charge in [0.1, 0.15) is 17.2 Å². The Morgan fingerprint density at radius 3 is 2.28 bits per heavy atom. The van der Waals surface area contributed by atoms with Gasteiger partial charge < -0.3 is 5.11 Å². The van der Waals surface area contributed by atoms with Crippen LogP contribution < -0.4 is 5.56 Å². The number of aliphatic hydroxyl groups excluding tert-OH is 1. The van der Waals surface area contributed by atoms with Crippen molar-refractivity contribution in [2.24, 2.45) is 0 Å². The van der Waals surface area contributed by atoms with E-state index in [4.69, 9.17) is 0 Å². The molecule has 6 heteroatoms. The van der Waals surface area contributed by atoms with Crippen molar-refractivity contribution in [1.29, 1.82) is 0 Å². The zero-order valence-corrected chi connectivity index (χ0v) is 16.2. The molecule has 0 unspecified atom stereocenters. The van der Waals surface area contributed by atoms with Crippen molar-refractivity contribution in [3.8, 4) is 5.69 Å². The number of aliphatic hydroxyl groups is 1. The molecule has 0 aliphatic heterocycles. The van der Waals surface area contributed by atoms with Gasteiger partial charge in [-0.1, -0.05) is 18.2 Å². The van der Waals surface area contributed by atoms with E-state index >= 15 is 0 Å². The monoisotopic (exact) mass is 388 g/mol. The maximum absolute atomic E-state index is 13.3. The van der Waals surface area contributed by atoms with Crippen LogP contribution in [0, 0.1) is 13.8 Å². The second-order valence-electron chi connectivity index (χ2n) is 7.19. The number of hydrogen-bond donors (Lipinski definition) is 1. The van der Waals surface area contributed by atoms with Crippen LogP contribution in [0.5, 0.6) is 0 Å². The fraction of sp³-hybridized carbons (Fsp3) is 0.217. The van der Waals surface area contributed by atoms with Gasteiger partial charge in [0.2, 0.25) is 0 Å². The van der Waals surface area contributed by atoms with Crippen LogP contribution in [-0.2, 0) is 9.59 Å². The topological polar surface area (TPSA) is 89.3 Å². The van der Waals surface area contributed by atoms with E-state index in [9.17, 15) is 19.5 Å². The average Bonchev–Trinajstić information content (AvgIpc) is 2.68. The Bertz CT molecular complexity index is 1240. The number of Topliss-reactive ketones (excluding diaryl/α,β-unsaturated/α-hetero) is 2. The zero-order chi connectivity index (χ0) is 20.7. The van der Waals surface area contributed by atoms with Crippen LogP contribution in [0.2, 0.25) is 0 Å². The molecule has 0 bridgehead atoms. The predicted molar refractivity (Wildman–Crippen MR) is 110 cm³/mol. The summed E-state index contributed by atoms with van der Waals surface area (Å²) in [6.07, 6.45) is 0.967. The molecule has 1 aliphatic rings. The summed E-state index contributed by atoms with van der Waals surface area (Å²) in [6.45, 7) is 3.45. The fourth-order valence-electron chi connectivity index (χ4n) is 3.90. The first-order valence-corrected chi connectivity index (χ1v) is 9.48. The lowest BCUT2D eigenvalue weighted by Crippen LogP contribution is -2.23. The third-order valence-corrected chi connectivity index (χ3v) is 5.34. The summed E-state index contributed by atoms with van der Waals surface area (Å²) in [7, 11) is 0. The molecule has 0 atom stereocenters. The number of fused-ring (bicyclic) bond motifs is 1. The molecule has 4 rings (SSSR count). The Balaban J connectivity index is 2.00. The van der Waals surface area contributed by atoms with Gasteiger partial charge in [-0.3, -0.25) is 19.0 Å². The highest BCUT2D eigenvalue weighted by atomic mass is 16.3. The molecular formula is C23H20N2O4. The van der Waals surface area contributed by atoms with Gasteiger partial charge >= 0.3 is 0 Å². The molecule has 0 radical (unpaired) electrons. The third kappa shape index (κ3) is 3.06. The predicted octanol–water partition coefficient (Wildman–Crippen LogP) is 3.59. The van der Waals surface area contributed by atoms with Crippen molar-refractivity contribution in [3.05, 3.63) is 75.3 Å². The quantitative estimate of drug-likeness (QED) is 0.412. The summed E-state index contributed by atoms with van der Waals surface area (Å²) in [4.78, 5) is 42.3. The van der Waals surface area contributed by atoms with Crippen molar-refractivity contribution in [2.45, 2.75) is 33.1 Å². The first kappa shape index (κ1) is 18.8. The van der Waals surface area contributed by atoms with E-state index in [1.54, 1.807) is 26.0 Å². The van der Waals surface area contributed by atoms with E-state index in [1.165, 1.54) is 4.57 Å². The Morgan fingerprint density at radius 2 is 1.62 bits per heavy atom. The average molecular weight is 388 g/mol. The SMILES string of the molecule is Cc1c(C(O)=C2C(=O)CCCC2=O)ccc2nc(C)n(-c3ccccc3)c(=O)c12. The molecule has 2 aromatic carbocycles. The molecule has 146 valence electrons. The van der Waals surface area contributed by atoms with Crippen LogP contribution in [0.15, 0.2) is 52.8 Å². The molecule has 1 N–H and O–H groups in total. The standard InChI is InChI=1S/C23H20N2O4/c1-13-16(22(28)21-18(26)9-6-10-19(21)27)11-12-17-20(13)23(29)25(14(2)24-17)15-7-4-3-5-8-15/h3-5,7-8,11-12,28H,6,9-10H2,1-2H3. The smallest absolute Gasteiger partial charge is 0.266 e. The van der Waals surface area contributed by atoms with Crippen molar-refractivity contribution in [3.63, 3.8) is 0 Å². The summed E-state index contributed by atoms with van der Waals surface area (Å²) < 4.78 is 1.51. The zero-order valence-electron chi connectivity index (χ0n) is 16.2. The molecule has 0 amide bonds. The molecule has 1 aromatic heterocycles. The molecular weight excluding hydrogens is 368 g/mol. The third-order valence-electron chi connectivity index (χ3n) is 5.34. The van der Waals surface area contributed by atoms with Crippen LogP contribution in [-0.4, -0.2) is 26.2 Å². The van der Waals surface area contributed by atoms with Crippen LogP contribution in [0.1, 0.15) is 36.2 Å². The molecule has 6 nitrogen and oxygen atoms in total. The van der Waals surface area contributed by atoms with Crippen LogP contribution in [0.3, 0.4) is 0 Å². The van der Waals surface area contributed by atoms with E-state index in [0.29, 0.717) is 40.0 Å². The highest BCUT2D eigenvalue weighted by Crippen LogP contribution is 2.29. The normalized spacial score (nSPS) is 14.5. The Morgan fingerprint density at radius 1 is 0.966 bits per heavy atom. The van der Waals surface area contributed by atoms with E-state index in [-0.39, 0.29) is 41.3 Å². The molecule has 1 fully saturated rings. The minimum Gasteiger partial charge on any atom is -0.506 e. The summed E-state index contributed by atoms with van der Waals surface area (Å²) in [5.41, 5.74) is 1.55. The lowest BCUT2D eigenvalue weighted by molar-refractivity contribution is -0.123. The second-order valence-corrected chi connectivity index (χ2v) is 7.19. The fourth-order valence-corrected chi connectivity index (χ4v) is 3.90. The molecule has 3 aromatic rings. The number of para-hydroxylation sites is 1. The van der Waals surface area contributed by atoms with Gasteiger partial charge in [-0.2, -0.15) is 0 Å². The highest BCUT2D eigenvalue weighted by molar-refractivity contribution is 6.25. The van der Waals surface area contributed by atoms with Gasteiger partial charge in [0.15, 0.2) is 11.6 Å².